The first-order chi connectivity index (χ1) is 9.58. The normalized spacial score (nSPS) is 11.3. The molecule has 0 N–H and O–H groups in total. The van der Waals surface area contributed by atoms with Crippen molar-refractivity contribution in [2.24, 2.45) is 0 Å². The van der Waals surface area contributed by atoms with E-state index in [1.165, 1.54) is 21.9 Å². The minimum absolute atomic E-state index is 0.0419. The number of aromatic nitrogens is 2. The zero-order chi connectivity index (χ0) is 14.3. The lowest BCUT2D eigenvalue weighted by atomic mass is 10.3. The number of hydrogen-bond acceptors (Lipinski definition) is 5. The molecule has 0 radical (unpaired) electrons. The molecule has 2 heterocycles. The summed E-state index contributed by atoms with van der Waals surface area (Å²) in [4.78, 5) is 29.1. The first-order valence-corrected chi connectivity index (χ1v) is 7.00. The molecule has 0 saturated carbocycles. The number of benzene rings is 1. The highest BCUT2D eigenvalue weighted by molar-refractivity contribution is 7.23. The maximum atomic E-state index is 12.5. The zero-order valence-electron chi connectivity index (χ0n) is 11.0. The van der Waals surface area contributed by atoms with Gasteiger partial charge in [-0.1, -0.05) is 23.5 Å². The highest BCUT2D eigenvalue weighted by atomic mass is 32.1. The molecule has 0 atom stereocenters. The van der Waals surface area contributed by atoms with Crippen LogP contribution in [0.2, 0.25) is 0 Å². The van der Waals surface area contributed by atoms with Crippen molar-refractivity contribution in [2.45, 2.75) is 20.0 Å². The van der Waals surface area contributed by atoms with Crippen molar-refractivity contribution in [3.63, 3.8) is 0 Å². The molecule has 1 aromatic carbocycles. The van der Waals surface area contributed by atoms with Crippen molar-refractivity contribution in [1.82, 2.24) is 9.38 Å². The Morgan fingerprint density at radius 3 is 2.85 bits per heavy atom. The third-order valence-electron chi connectivity index (χ3n) is 2.80. The van der Waals surface area contributed by atoms with Crippen LogP contribution in [0.3, 0.4) is 0 Å². The Bertz CT molecular complexity index is 864. The summed E-state index contributed by atoms with van der Waals surface area (Å²) in [6.45, 7) is 3.48. The van der Waals surface area contributed by atoms with Crippen LogP contribution in [-0.2, 0) is 4.74 Å². The first kappa shape index (κ1) is 12.8. The predicted molar refractivity (Wildman–Crippen MR) is 77.4 cm³/mol. The molecule has 0 unspecified atom stereocenters. The van der Waals surface area contributed by atoms with Gasteiger partial charge in [-0.05, 0) is 26.0 Å². The average Bonchev–Trinajstić information content (AvgIpc) is 2.77. The van der Waals surface area contributed by atoms with E-state index in [1.807, 2.05) is 24.3 Å². The second-order valence-electron chi connectivity index (χ2n) is 4.62. The van der Waals surface area contributed by atoms with Crippen LogP contribution in [0.25, 0.3) is 15.2 Å². The number of ether oxygens (including phenoxy) is 1. The summed E-state index contributed by atoms with van der Waals surface area (Å²) in [6, 6.07) is 7.50. The van der Waals surface area contributed by atoms with Gasteiger partial charge in [0.1, 0.15) is 5.56 Å². The van der Waals surface area contributed by atoms with Gasteiger partial charge in [0.25, 0.3) is 5.56 Å². The summed E-state index contributed by atoms with van der Waals surface area (Å²) in [6.07, 6.45) is 1.01. The first-order valence-electron chi connectivity index (χ1n) is 6.18. The second-order valence-corrected chi connectivity index (χ2v) is 5.63. The van der Waals surface area contributed by atoms with E-state index in [2.05, 4.69) is 4.98 Å². The highest BCUT2D eigenvalue weighted by Gasteiger charge is 2.18. The monoisotopic (exact) mass is 288 g/mol. The molecular weight excluding hydrogens is 276 g/mol. The molecule has 0 bridgehead atoms. The Labute approximate surface area is 118 Å². The summed E-state index contributed by atoms with van der Waals surface area (Å²) >= 11 is 1.41. The van der Waals surface area contributed by atoms with Crippen molar-refractivity contribution in [3.05, 3.63) is 46.4 Å². The standard InChI is InChI=1S/C14H12N2O3S/c1-8(2)19-13(18)9-7-15-14-16(12(9)17)10-5-3-4-6-11(10)20-14/h3-8H,1-2H3. The molecular formula is C14H12N2O3S. The van der Waals surface area contributed by atoms with E-state index in [-0.39, 0.29) is 11.7 Å². The maximum absolute atomic E-state index is 12.5. The van der Waals surface area contributed by atoms with Crippen LogP contribution in [0.4, 0.5) is 0 Å². The predicted octanol–water partition coefficient (Wildman–Crippen LogP) is 2.47. The highest BCUT2D eigenvalue weighted by Crippen LogP contribution is 2.23. The Morgan fingerprint density at radius 2 is 2.10 bits per heavy atom. The lowest BCUT2D eigenvalue weighted by molar-refractivity contribution is 0.0375. The molecule has 0 spiro atoms. The molecule has 0 amide bonds. The summed E-state index contributed by atoms with van der Waals surface area (Å²) in [5.74, 6) is -0.637. The molecule has 2 aromatic heterocycles. The molecule has 0 fully saturated rings. The van der Waals surface area contributed by atoms with Crippen LogP contribution < -0.4 is 5.56 Å². The van der Waals surface area contributed by atoms with Crippen molar-refractivity contribution in [2.75, 3.05) is 0 Å². The van der Waals surface area contributed by atoms with Gasteiger partial charge in [0.15, 0.2) is 4.96 Å². The molecule has 6 heteroatoms. The smallest absolute Gasteiger partial charge is 0.345 e. The number of para-hydroxylation sites is 1. The molecule has 3 aromatic rings. The van der Waals surface area contributed by atoms with E-state index in [0.29, 0.717) is 4.96 Å². The molecule has 3 rings (SSSR count). The van der Waals surface area contributed by atoms with Crippen molar-refractivity contribution >= 4 is 32.5 Å². The Morgan fingerprint density at radius 1 is 1.35 bits per heavy atom. The lowest BCUT2D eigenvalue weighted by Gasteiger charge is -2.07. The Kier molecular flexibility index (Phi) is 3.02. The fourth-order valence-electron chi connectivity index (χ4n) is 1.97. The molecule has 0 aliphatic carbocycles. The van der Waals surface area contributed by atoms with Gasteiger partial charge >= 0.3 is 5.97 Å². The summed E-state index contributed by atoms with van der Waals surface area (Å²) in [5, 5.41) is 0. The summed E-state index contributed by atoms with van der Waals surface area (Å²) in [7, 11) is 0. The number of hydrogen-bond donors (Lipinski definition) is 0. The third kappa shape index (κ3) is 1.98. The number of thiazole rings is 1. The summed E-state index contributed by atoms with van der Waals surface area (Å²) < 4.78 is 7.47. The minimum Gasteiger partial charge on any atom is -0.459 e. The van der Waals surface area contributed by atoms with Gasteiger partial charge in [0.05, 0.1) is 22.5 Å². The van der Waals surface area contributed by atoms with E-state index in [4.69, 9.17) is 4.74 Å². The quantitative estimate of drug-likeness (QED) is 0.680. The van der Waals surface area contributed by atoms with Crippen LogP contribution in [0.5, 0.6) is 0 Å². The van der Waals surface area contributed by atoms with Crippen molar-refractivity contribution in [3.8, 4) is 0 Å². The molecule has 20 heavy (non-hydrogen) atoms. The van der Waals surface area contributed by atoms with Gasteiger partial charge in [-0.3, -0.25) is 9.20 Å². The fourth-order valence-corrected chi connectivity index (χ4v) is 2.95. The van der Waals surface area contributed by atoms with E-state index in [1.54, 1.807) is 13.8 Å². The number of carbonyl (C=O) groups excluding carboxylic acids is 1. The SMILES string of the molecule is CC(C)OC(=O)c1cnc2sc3ccccc3n2c1=O. The van der Waals surface area contributed by atoms with E-state index in [0.717, 1.165) is 10.2 Å². The number of fused-ring (bicyclic) bond motifs is 3. The van der Waals surface area contributed by atoms with E-state index < -0.39 is 11.5 Å². The van der Waals surface area contributed by atoms with Crippen LogP contribution in [0.15, 0.2) is 35.3 Å². The average molecular weight is 288 g/mol. The lowest BCUT2D eigenvalue weighted by Crippen LogP contribution is -2.25. The molecule has 0 saturated heterocycles. The Hall–Kier alpha value is -2.21. The van der Waals surface area contributed by atoms with Gasteiger partial charge in [-0.2, -0.15) is 0 Å². The van der Waals surface area contributed by atoms with E-state index >= 15 is 0 Å². The zero-order valence-corrected chi connectivity index (χ0v) is 11.8. The number of rotatable bonds is 2. The minimum atomic E-state index is -0.637. The van der Waals surface area contributed by atoms with Crippen LogP contribution >= 0.6 is 11.3 Å². The third-order valence-corrected chi connectivity index (χ3v) is 3.83. The van der Waals surface area contributed by atoms with E-state index in [9.17, 15) is 9.59 Å². The Balaban J connectivity index is 2.27. The molecule has 5 nitrogen and oxygen atoms in total. The number of carbonyl (C=O) groups is 1. The largest absolute Gasteiger partial charge is 0.459 e. The summed E-state index contributed by atoms with van der Waals surface area (Å²) in [5.41, 5.74) is 0.321. The van der Waals surface area contributed by atoms with Crippen molar-refractivity contribution in [1.29, 1.82) is 0 Å². The number of nitrogens with zero attached hydrogens (tertiary/aromatic N) is 2. The second kappa shape index (κ2) is 4.72. The number of esters is 1. The van der Waals surface area contributed by atoms with Crippen LogP contribution in [0, 0.1) is 0 Å². The van der Waals surface area contributed by atoms with Crippen LogP contribution in [0.1, 0.15) is 24.2 Å². The topological polar surface area (TPSA) is 60.7 Å². The molecule has 102 valence electrons. The van der Waals surface area contributed by atoms with Gasteiger partial charge < -0.3 is 4.74 Å². The van der Waals surface area contributed by atoms with Gasteiger partial charge in [-0.15, -0.1) is 0 Å². The molecule has 0 aliphatic heterocycles. The van der Waals surface area contributed by atoms with Crippen LogP contribution in [-0.4, -0.2) is 21.5 Å². The van der Waals surface area contributed by atoms with Gasteiger partial charge in [0, 0.05) is 0 Å². The van der Waals surface area contributed by atoms with Gasteiger partial charge in [-0.25, -0.2) is 9.78 Å². The maximum Gasteiger partial charge on any atom is 0.345 e. The molecule has 0 aliphatic rings. The fraction of sp³-hybridized carbons (Fsp3) is 0.214. The van der Waals surface area contributed by atoms with Crippen molar-refractivity contribution < 1.29 is 9.53 Å². The van der Waals surface area contributed by atoms with Gasteiger partial charge in [0.2, 0.25) is 0 Å².